The summed E-state index contributed by atoms with van der Waals surface area (Å²) in [5.41, 5.74) is 4.09. The number of hydrogen-bond donors (Lipinski definition) is 3. The number of rotatable bonds is 11. The minimum Gasteiger partial charge on any atom is -0.495 e. The number of carbonyl (C=O) groups is 4. The molecular weight excluding hydrogens is 799 g/mol. The molecule has 3 aromatic carbocycles. The van der Waals surface area contributed by atoms with E-state index in [4.69, 9.17) is 4.74 Å². The number of carbonyl (C=O) groups excluding carboxylic acids is 4. The summed E-state index contributed by atoms with van der Waals surface area (Å²) >= 11 is 0. The van der Waals surface area contributed by atoms with Gasteiger partial charge in [0.15, 0.2) is 5.82 Å². The van der Waals surface area contributed by atoms with Crippen molar-refractivity contribution in [2.75, 3.05) is 75.6 Å². The van der Waals surface area contributed by atoms with Crippen molar-refractivity contribution in [3.63, 3.8) is 0 Å². The van der Waals surface area contributed by atoms with Crippen LogP contribution >= 0.6 is 0 Å². The van der Waals surface area contributed by atoms with Crippen molar-refractivity contribution in [3.8, 4) is 22.9 Å². The molecule has 3 N–H and O–H groups in total. The summed E-state index contributed by atoms with van der Waals surface area (Å²) in [5.74, 6) is -1.93. The van der Waals surface area contributed by atoms with Crippen LogP contribution in [0.3, 0.4) is 0 Å². The minimum atomic E-state index is -0.703. The number of anilines is 3. The van der Waals surface area contributed by atoms with Gasteiger partial charge in [-0.25, -0.2) is 8.78 Å². The van der Waals surface area contributed by atoms with Gasteiger partial charge >= 0.3 is 0 Å². The molecule has 3 aliphatic rings. The van der Waals surface area contributed by atoms with E-state index in [0.717, 1.165) is 5.69 Å². The van der Waals surface area contributed by atoms with E-state index in [1.54, 1.807) is 66.4 Å². The van der Waals surface area contributed by atoms with Gasteiger partial charge in [0.25, 0.3) is 5.91 Å². The second-order valence-corrected chi connectivity index (χ2v) is 15.8. The minimum absolute atomic E-state index is 0.0724. The molecular formula is C45H46F2N10O5. The number of aromatic amines is 1. The Bertz CT molecular complexity index is 2640. The Hall–Kier alpha value is -7.22. The third kappa shape index (κ3) is 8.27. The predicted molar refractivity (Wildman–Crippen MR) is 230 cm³/mol. The quantitative estimate of drug-likeness (QED) is 0.151. The summed E-state index contributed by atoms with van der Waals surface area (Å²) in [6, 6.07) is 15.2. The predicted octanol–water partition coefficient (Wildman–Crippen LogP) is 5.14. The van der Waals surface area contributed by atoms with Gasteiger partial charge in [0.1, 0.15) is 23.3 Å². The van der Waals surface area contributed by atoms with E-state index in [0.29, 0.717) is 90.5 Å². The number of imide groups is 1. The number of halogens is 2. The molecule has 1 unspecified atom stereocenters. The van der Waals surface area contributed by atoms with Crippen molar-refractivity contribution in [1.29, 1.82) is 5.26 Å². The molecule has 1 atom stereocenters. The van der Waals surface area contributed by atoms with Crippen LogP contribution in [0.25, 0.3) is 27.6 Å². The lowest BCUT2D eigenvalue weighted by atomic mass is 9.91. The number of nitrogens with one attached hydrogen (secondary N) is 3. The lowest BCUT2D eigenvalue weighted by Crippen LogP contribution is -2.47. The summed E-state index contributed by atoms with van der Waals surface area (Å²) in [4.78, 5) is 60.5. The van der Waals surface area contributed by atoms with Crippen LogP contribution in [0.1, 0.15) is 47.3 Å². The van der Waals surface area contributed by atoms with Gasteiger partial charge in [-0.15, -0.1) is 0 Å². The second-order valence-electron chi connectivity index (χ2n) is 15.8. The van der Waals surface area contributed by atoms with Crippen LogP contribution in [-0.2, 0) is 20.9 Å². The smallest absolute Gasteiger partial charge is 0.269 e. The Labute approximate surface area is 356 Å². The van der Waals surface area contributed by atoms with Crippen LogP contribution in [0.4, 0.5) is 25.8 Å². The SMILES string of the molecule is COc1cc(N2CCN(c3ccc(-c4cc(C5=CCCN(C(=O)CCn6cccn6)C5)c(F)c5[nH]c(C(=O)N(C)C)cc45)c(C#N)c3)CC2)c(F)cc1NC1CCC(=O)NC1=O. The van der Waals surface area contributed by atoms with E-state index in [1.807, 2.05) is 23.1 Å². The molecule has 5 heterocycles. The number of piperidine rings is 1. The maximum absolute atomic E-state index is 16.7. The monoisotopic (exact) mass is 844 g/mol. The number of nitrogens with zero attached hydrogens (tertiary/aromatic N) is 7. The van der Waals surface area contributed by atoms with E-state index < -0.39 is 23.6 Å². The first-order valence-corrected chi connectivity index (χ1v) is 20.5. The molecule has 0 saturated carbocycles. The number of aromatic nitrogens is 3. The largest absolute Gasteiger partial charge is 0.495 e. The van der Waals surface area contributed by atoms with E-state index >= 15 is 8.78 Å². The van der Waals surface area contributed by atoms with Crippen molar-refractivity contribution in [2.24, 2.45) is 0 Å². The van der Waals surface area contributed by atoms with Gasteiger partial charge in [-0.1, -0.05) is 12.1 Å². The maximum atomic E-state index is 16.7. The number of nitriles is 1. The molecule has 2 saturated heterocycles. The second kappa shape index (κ2) is 17.4. The van der Waals surface area contributed by atoms with Crippen molar-refractivity contribution in [2.45, 2.75) is 38.3 Å². The summed E-state index contributed by atoms with van der Waals surface area (Å²) in [7, 11) is 4.69. The first kappa shape index (κ1) is 41.5. The Morgan fingerprint density at radius 3 is 2.52 bits per heavy atom. The van der Waals surface area contributed by atoms with Gasteiger partial charge in [-0.2, -0.15) is 10.4 Å². The highest BCUT2D eigenvalue weighted by Gasteiger charge is 2.30. The number of aryl methyl sites for hydroxylation is 1. The first-order chi connectivity index (χ1) is 29.9. The fourth-order valence-corrected chi connectivity index (χ4v) is 8.37. The summed E-state index contributed by atoms with van der Waals surface area (Å²) in [6.07, 6.45) is 6.62. The number of fused-ring (bicyclic) bond motifs is 1. The number of piperazine rings is 1. The van der Waals surface area contributed by atoms with E-state index in [9.17, 15) is 24.4 Å². The summed E-state index contributed by atoms with van der Waals surface area (Å²) in [6.45, 7) is 3.04. The number of ether oxygens (including phenoxy) is 1. The normalized spacial score (nSPS) is 16.8. The van der Waals surface area contributed by atoms with Crippen molar-refractivity contribution in [1.82, 2.24) is 29.9 Å². The number of amides is 4. The molecule has 0 radical (unpaired) electrons. The van der Waals surface area contributed by atoms with Crippen LogP contribution in [0, 0.1) is 23.0 Å². The maximum Gasteiger partial charge on any atom is 0.269 e. The fourth-order valence-electron chi connectivity index (χ4n) is 8.37. The molecule has 8 rings (SSSR count). The Morgan fingerprint density at radius 2 is 1.81 bits per heavy atom. The number of hydrogen-bond acceptors (Lipinski definition) is 10. The summed E-state index contributed by atoms with van der Waals surface area (Å²) in [5, 5.41) is 20.5. The molecule has 3 aliphatic heterocycles. The average molecular weight is 845 g/mol. The molecule has 0 aliphatic carbocycles. The molecule has 0 bridgehead atoms. The molecule has 320 valence electrons. The van der Waals surface area contributed by atoms with Gasteiger partial charge in [0.05, 0.1) is 35.6 Å². The third-order valence-corrected chi connectivity index (χ3v) is 11.7. The first-order valence-electron chi connectivity index (χ1n) is 20.5. The molecule has 5 aromatic rings. The number of H-pyrrole nitrogens is 1. The van der Waals surface area contributed by atoms with Gasteiger partial charge in [0.2, 0.25) is 17.7 Å². The zero-order chi connectivity index (χ0) is 43.7. The molecule has 62 heavy (non-hydrogen) atoms. The average Bonchev–Trinajstić information content (AvgIpc) is 3.98. The van der Waals surface area contributed by atoms with Gasteiger partial charge in [-0.05, 0) is 54.3 Å². The molecule has 4 amide bonds. The third-order valence-electron chi connectivity index (χ3n) is 11.7. The molecule has 2 fully saturated rings. The lowest BCUT2D eigenvalue weighted by Gasteiger charge is -2.38. The van der Waals surface area contributed by atoms with Crippen LogP contribution < -0.4 is 25.2 Å². The highest BCUT2D eigenvalue weighted by molar-refractivity contribution is 6.05. The van der Waals surface area contributed by atoms with Crippen LogP contribution in [0.2, 0.25) is 0 Å². The van der Waals surface area contributed by atoms with Gasteiger partial charge in [-0.3, -0.25) is 29.2 Å². The molecule has 17 heteroatoms. The zero-order valence-corrected chi connectivity index (χ0v) is 34.6. The van der Waals surface area contributed by atoms with E-state index in [-0.39, 0.29) is 60.3 Å². The van der Waals surface area contributed by atoms with Crippen molar-refractivity contribution >= 4 is 57.2 Å². The van der Waals surface area contributed by atoms with E-state index in [1.165, 1.54) is 18.1 Å². The molecule has 2 aromatic heterocycles. The highest BCUT2D eigenvalue weighted by Crippen LogP contribution is 2.40. The Morgan fingerprint density at radius 1 is 1.02 bits per heavy atom. The van der Waals surface area contributed by atoms with Crippen molar-refractivity contribution in [3.05, 3.63) is 95.5 Å². The molecule has 15 nitrogen and oxygen atoms in total. The topological polar surface area (TPSA) is 172 Å². The van der Waals surface area contributed by atoms with Crippen LogP contribution in [0.5, 0.6) is 5.75 Å². The Balaban J connectivity index is 1.04. The Kier molecular flexibility index (Phi) is 11.7. The van der Waals surface area contributed by atoms with Crippen LogP contribution in [0.15, 0.2) is 67.0 Å². The van der Waals surface area contributed by atoms with Crippen LogP contribution in [-0.4, -0.2) is 115 Å². The lowest BCUT2D eigenvalue weighted by molar-refractivity contribution is -0.134. The number of benzene rings is 3. The van der Waals surface area contributed by atoms with Gasteiger partial charge < -0.3 is 34.6 Å². The highest BCUT2D eigenvalue weighted by atomic mass is 19.1. The molecule has 0 spiro atoms. The van der Waals surface area contributed by atoms with E-state index in [2.05, 4.69) is 31.7 Å². The van der Waals surface area contributed by atoms with Crippen molar-refractivity contribution < 1.29 is 32.7 Å². The van der Waals surface area contributed by atoms with Gasteiger partial charge in [0, 0.05) is 119 Å². The summed E-state index contributed by atoms with van der Waals surface area (Å²) < 4.78 is 39.6. The standard InChI is InChI=1S/C45H46F2N10O5/c1-53(2)45(61)37-22-33-32(21-31(42(47)43(33)51-37)27-6-4-13-56(26-27)41(59)11-15-57-14-5-12-49-57)30-8-7-29(20-28(30)25-48)54-16-18-55(19-17-54)38-24-39(62-3)36(23-34(38)46)50-35-9-10-40(58)52-44(35)60/h5-8,12,14,20-24,35,50-51H,4,9-11,13,15-19,26H2,1-3H3,(H,52,58,60). The zero-order valence-electron chi connectivity index (χ0n) is 34.6. The fraction of sp³-hybridized carbons (Fsp3) is 0.333. The number of methoxy groups -OCH3 is 1.